The number of halogens is 1. The highest BCUT2D eigenvalue weighted by molar-refractivity contribution is 7.86. The highest BCUT2D eigenvalue weighted by Crippen LogP contribution is 2.14. The van der Waals surface area contributed by atoms with Crippen molar-refractivity contribution in [2.75, 3.05) is 12.4 Å². The van der Waals surface area contributed by atoms with Crippen LogP contribution in [0.25, 0.3) is 0 Å². The van der Waals surface area contributed by atoms with E-state index in [2.05, 4.69) is 4.74 Å². The topological polar surface area (TPSA) is 46.7 Å². The van der Waals surface area contributed by atoms with Crippen LogP contribution in [0.15, 0.2) is 0 Å². The van der Waals surface area contributed by atoms with Gasteiger partial charge in [-0.25, -0.2) is 0 Å². The number of ether oxygens (including phenoxy) is 1. The normalized spacial score (nSPS) is 26.1. The molecular formula is C4H7FO3S. The molecule has 0 aromatic carbocycles. The van der Waals surface area contributed by atoms with Crippen molar-refractivity contribution in [3.8, 4) is 0 Å². The van der Waals surface area contributed by atoms with E-state index in [-0.39, 0.29) is 6.10 Å². The third-order valence-corrected chi connectivity index (χ3v) is 1.81. The van der Waals surface area contributed by atoms with Crippen LogP contribution in [-0.4, -0.2) is 26.9 Å². The van der Waals surface area contributed by atoms with E-state index in [9.17, 15) is 12.3 Å². The molecule has 0 radical (unpaired) electrons. The number of hydrogen-bond donors (Lipinski definition) is 0. The summed E-state index contributed by atoms with van der Waals surface area (Å²) in [5.74, 6) is -0.405. The second kappa shape index (κ2) is 2.22. The Balaban J connectivity index is 2.18. The van der Waals surface area contributed by atoms with Gasteiger partial charge in [-0.15, -0.1) is 3.89 Å². The van der Waals surface area contributed by atoms with Gasteiger partial charge in [0.15, 0.2) is 0 Å². The molecule has 0 aliphatic carbocycles. The minimum atomic E-state index is -4.26. The molecule has 0 N–H and O–H groups in total. The summed E-state index contributed by atoms with van der Waals surface area (Å²) in [5.41, 5.74) is 0. The van der Waals surface area contributed by atoms with Crippen molar-refractivity contribution >= 4 is 10.2 Å². The van der Waals surface area contributed by atoms with Gasteiger partial charge in [0.2, 0.25) is 0 Å². The predicted octanol–water partition coefficient (Wildman–Crippen LogP) is 0.0746. The van der Waals surface area contributed by atoms with Crippen molar-refractivity contribution in [3.05, 3.63) is 0 Å². The van der Waals surface area contributed by atoms with Crippen molar-refractivity contribution < 1.29 is 17.0 Å². The van der Waals surface area contributed by atoms with E-state index < -0.39 is 16.0 Å². The van der Waals surface area contributed by atoms with Crippen LogP contribution in [0.1, 0.15) is 6.42 Å². The first-order chi connectivity index (χ1) is 4.08. The van der Waals surface area contributed by atoms with Gasteiger partial charge in [-0.05, 0) is 6.42 Å². The van der Waals surface area contributed by atoms with Gasteiger partial charge in [-0.2, -0.15) is 8.42 Å². The SMILES string of the molecule is O=S(=O)(F)CCC1CO1. The average Bonchev–Trinajstić information content (AvgIpc) is 2.38. The summed E-state index contributed by atoms with van der Waals surface area (Å²) in [7, 11) is -4.26. The van der Waals surface area contributed by atoms with Gasteiger partial charge in [0.1, 0.15) is 0 Å². The summed E-state index contributed by atoms with van der Waals surface area (Å²) in [6.07, 6.45) is 0.286. The molecule has 54 valence electrons. The maximum atomic E-state index is 11.7. The summed E-state index contributed by atoms with van der Waals surface area (Å²) in [4.78, 5) is 0. The first-order valence-corrected chi connectivity index (χ1v) is 4.17. The summed E-state index contributed by atoms with van der Waals surface area (Å²) in [6, 6.07) is 0. The van der Waals surface area contributed by atoms with Crippen LogP contribution >= 0.6 is 0 Å². The molecule has 0 aromatic heterocycles. The lowest BCUT2D eigenvalue weighted by atomic mass is 10.4. The maximum Gasteiger partial charge on any atom is 0.302 e. The monoisotopic (exact) mass is 154 g/mol. The van der Waals surface area contributed by atoms with E-state index >= 15 is 0 Å². The van der Waals surface area contributed by atoms with Gasteiger partial charge in [-0.3, -0.25) is 0 Å². The Morgan fingerprint density at radius 2 is 2.22 bits per heavy atom. The molecule has 1 aliphatic heterocycles. The molecule has 3 nitrogen and oxygen atoms in total. The van der Waals surface area contributed by atoms with E-state index in [1.807, 2.05) is 0 Å². The fourth-order valence-corrected chi connectivity index (χ4v) is 1.05. The molecule has 0 aromatic rings. The van der Waals surface area contributed by atoms with Gasteiger partial charge in [0, 0.05) is 0 Å². The first kappa shape index (κ1) is 6.95. The Kier molecular flexibility index (Phi) is 1.72. The molecule has 5 heteroatoms. The first-order valence-electron chi connectivity index (χ1n) is 2.62. The molecule has 9 heavy (non-hydrogen) atoms. The zero-order chi connectivity index (χ0) is 6.91. The Labute approximate surface area is 53.0 Å². The van der Waals surface area contributed by atoms with Gasteiger partial charge >= 0.3 is 10.2 Å². The van der Waals surface area contributed by atoms with Crippen LogP contribution in [0.3, 0.4) is 0 Å². The van der Waals surface area contributed by atoms with E-state index in [1.54, 1.807) is 0 Å². The van der Waals surface area contributed by atoms with E-state index in [4.69, 9.17) is 0 Å². The molecule has 1 aliphatic rings. The molecule has 0 saturated carbocycles. The van der Waals surface area contributed by atoms with Crippen molar-refractivity contribution in [1.29, 1.82) is 0 Å². The van der Waals surface area contributed by atoms with Crippen LogP contribution in [0.5, 0.6) is 0 Å². The van der Waals surface area contributed by atoms with Crippen molar-refractivity contribution in [3.63, 3.8) is 0 Å². The van der Waals surface area contributed by atoms with Crippen LogP contribution in [0.2, 0.25) is 0 Å². The summed E-state index contributed by atoms with van der Waals surface area (Å²) >= 11 is 0. The quantitative estimate of drug-likeness (QED) is 0.427. The van der Waals surface area contributed by atoms with Gasteiger partial charge in [-0.1, -0.05) is 0 Å². The molecule has 0 spiro atoms. The summed E-state index contributed by atoms with van der Waals surface area (Å²) < 4.78 is 36.0. The molecule has 0 amide bonds. The summed E-state index contributed by atoms with van der Waals surface area (Å²) in [5, 5.41) is 0. The second-order valence-electron chi connectivity index (χ2n) is 1.99. The molecule has 1 heterocycles. The second-order valence-corrected chi connectivity index (χ2v) is 3.47. The molecule has 1 rings (SSSR count). The van der Waals surface area contributed by atoms with Crippen molar-refractivity contribution in [2.24, 2.45) is 0 Å². The predicted molar refractivity (Wildman–Crippen MR) is 29.3 cm³/mol. The fourth-order valence-electron chi connectivity index (χ4n) is 0.507. The number of rotatable bonds is 3. The third kappa shape index (κ3) is 3.42. The van der Waals surface area contributed by atoms with E-state index in [0.29, 0.717) is 13.0 Å². The highest BCUT2D eigenvalue weighted by Gasteiger charge is 2.24. The maximum absolute atomic E-state index is 11.7. The minimum Gasteiger partial charge on any atom is -0.373 e. The molecule has 1 saturated heterocycles. The van der Waals surface area contributed by atoms with Crippen LogP contribution in [-0.2, 0) is 15.0 Å². The zero-order valence-corrected chi connectivity index (χ0v) is 5.53. The van der Waals surface area contributed by atoms with Crippen LogP contribution < -0.4 is 0 Å². The van der Waals surface area contributed by atoms with E-state index in [1.165, 1.54) is 0 Å². The number of hydrogen-bond acceptors (Lipinski definition) is 3. The van der Waals surface area contributed by atoms with Gasteiger partial charge in [0.05, 0.1) is 18.5 Å². The van der Waals surface area contributed by atoms with Crippen LogP contribution in [0.4, 0.5) is 3.89 Å². The Morgan fingerprint density at radius 3 is 2.56 bits per heavy atom. The van der Waals surface area contributed by atoms with E-state index in [0.717, 1.165) is 0 Å². The molecule has 0 bridgehead atoms. The number of epoxide rings is 1. The molecule has 1 atom stereocenters. The Bertz CT molecular complexity index is 182. The Hall–Kier alpha value is -0.160. The fraction of sp³-hybridized carbons (Fsp3) is 1.00. The van der Waals surface area contributed by atoms with Crippen LogP contribution in [0, 0.1) is 0 Å². The standard InChI is InChI=1S/C4H7FO3S/c5-9(6,7)2-1-4-3-8-4/h4H,1-3H2. The Morgan fingerprint density at radius 1 is 1.67 bits per heavy atom. The van der Waals surface area contributed by atoms with Gasteiger partial charge < -0.3 is 4.74 Å². The minimum absolute atomic E-state index is 0.00414. The zero-order valence-electron chi connectivity index (χ0n) is 4.71. The lowest BCUT2D eigenvalue weighted by Gasteiger charge is -1.87. The average molecular weight is 154 g/mol. The largest absolute Gasteiger partial charge is 0.373 e. The molecule has 1 fully saturated rings. The lowest BCUT2D eigenvalue weighted by molar-refractivity contribution is 0.402. The third-order valence-electron chi connectivity index (χ3n) is 1.09. The highest BCUT2D eigenvalue weighted by atomic mass is 32.3. The van der Waals surface area contributed by atoms with Crippen molar-refractivity contribution in [1.82, 2.24) is 0 Å². The van der Waals surface area contributed by atoms with Gasteiger partial charge in [0.25, 0.3) is 0 Å². The molecule has 1 unspecified atom stereocenters. The molecular weight excluding hydrogens is 147 g/mol. The van der Waals surface area contributed by atoms with Crippen molar-refractivity contribution in [2.45, 2.75) is 12.5 Å². The lowest BCUT2D eigenvalue weighted by Crippen LogP contribution is -2.01. The summed E-state index contributed by atoms with van der Waals surface area (Å²) in [6.45, 7) is 0.579. The smallest absolute Gasteiger partial charge is 0.302 e.